The minimum absolute atomic E-state index is 0.0372. The molecule has 7 nitrogen and oxygen atoms in total. The summed E-state index contributed by atoms with van der Waals surface area (Å²) in [6.45, 7) is 0. The fourth-order valence-electron chi connectivity index (χ4n) is 5.32. The second-order valence-corrected chi connectivity index (χ2v) is 10.2. The molecule has 0 radical (unpaired) electrons. The number of aromatic nitrogens is 1. The number of carbonyl (C=O) groups is 2. The van der Waals surface area contributed by atoms with Crippen LogP contribution in [0, 0.1) is 23.7 Å². The number of allylic oxidation sites excluding steroid dienone is 2. The van der Waals surface area contributed by atoms with E-state index in [1.54, 1.807) is 24.4 Å². The number of para-hydroxylation sites is 1. The first-order valence-electron chi connectivity index (χ1n) is 10.5. The average Bonchev–Trinajstić information content (AvgIpc) is 3.48. The Balaban J connectivity index is 1.28. The molecule has 2 amide bonds. The molecule has 1 aromatic heterocycles. The van der Waals surface area contributed by atoms with Crippen molar-refractivity contribution in [1.29, 1.82) is 0 Å². The van der Waals surface area contributed by atoms with Gasteiger partial charge in [-0.2, -0.15) is 0 Å². The van der Waals surface area contributed by atoms with Crippen molar-refractivity contribution in [3.05, 3.63) is 72.9 Å². The molecule has 2 aliphatic carbocycles. The quantitative estimate of drug-likeness (QED) is 0.491. The zero-order chi connectivity index (χ0) is 22.0. The lowest BCUT2D eigenvalue weighted by Gasteiger charge is -2.18. The van der Waals surface area contributed by atoms with Crippen LogP contribution in [0.2, 0.25) is 0 Å². The van der Waals surface area contributed by atoms with E-state index in [1.165, 1.54) is 29.2 Å². The Hall–Kier alpha value is -3.52. The Bertz CT molecular complexity index is 1380. The van der Waals surface area contributed by atoms with E-state index in [0.717, 1.165) is 11.8 Å². The normalized spacial score (nSPS) is 26.2. The van der Waals surface area contributed by atoms with E-state index in [0.29, 0.717) is 16.9 Å². The van der Waals surface area contributed by atoms with E-state index in [9.17, 15) is 18.0 Å². The zero-order valence-electron chi connectivity index (χ0n) is 16.9. The number of amides is 2. The molecule has 32 heavy (non-hydrogen) atoms. The van der Waals surface area contributed by atoms with Gasteiger partial charge < -0.3 is 0 Å². The van der Waals surface area contributed by atoms with Crippen LogP contribution in [-0.4, -0.2) is 25.2 Å². The van der Waals surface area contributed by atoms with E-state index in [-0.39, 0.29) is 40.4 Å². The molecule has 2 heterocycles. The van der Waals surface area contributed by atoms with Gasteiger partial charge in [0.2, 0.25) is 11.8 Å². The van der Waals surface area contributed by atoms with Crippen molar-refractivity contribution in [1.82, 2.24) is 4.98 Å². The highest BCUT2D eigenvalue weighted by Gasteiger charge is 2.59. The molecule has 160 valence electrons. The molecule has 1 saturated heterocycles. The zero-order valence-corrected chi connectivity index (χ0v) is 17.7. The number of nitrogens with one attached hydrogen (secondary N) is 1. The van der Waals surface area contributed by atoms with Crippen molar-refractivity contribution in [3.63, 3.8) is 0 Å². The average molecular weight is 446 g/mol. The van der Waals surface area contributed by atoms with Crippen molar-refractivity contribution in [2.45, 2.75) is 11.3 Å². The summed E-state index contributed by atoms with van der Waals surface area (Å²) in [5.41, 5.74) is 1.34. The Kier molecular flexibility index (Phi) is 4.04. The Morgan fingerprint density at radius 2 is 1.53 bits per heavy atom. The molecule has 0 spiro atoms. The minimum Gasteiger partial charge on any atom is -0.277 e. The van der Waals surface area contributed by atoms with E-state index < -0.39 is 10.0 Å². The van der Waals surface area contributed by atoms with Gasteiger partial charge in [0, 0.05) is 11.6 Å². The SMILES string of the molecule is O=C1[C@@H]2[C@H](C(=O)N1c1ccc(S(=O)(=O)Nc3cccc4cccnc34)cc1)C1C=C[C@H]2C1. The topological polar surface area (TPSA) is 96.4 Å². The highest BCUT2D eigenvalue weighted by molar-refractivity contribution is 7.92. The predicted molar refractivity (Wildman–Crippen MR) is 119 cm³/mol. The summed E-state index contributed by atoms with van der Waals surface area (Å²) >= 11 is 0. The lowest BCUT2D eigenvalue weighted by atomic mass is 9.85. The highest BCUT2D eigenvalue weighted by Crippen LogP contribution is 2.53. The van der Waals surface area contributed by atoms with Gasteiger partial charge in [-0.25, -0.2) is 8.42 Å². The smallest absolute Gasteiger partial charge is 0.261 e. The Labute approximate surface area is 184 Å². The fraction of sp³-hybridized carbons (Fsp3) is 0.208. The number of hydrogen-bond donors (Lipinski definition) is 1. The number of fused-ring (bicyclic) bond motifs is 6. The first-order chi connectivity index (χ1) is 15.4. The van der Waals surface area contributed by atoms with Gasteiger partial charge in [0.1, 0.15) is 0 Å². The molecule has 1 saturated carbocycles. The third kappa shape index (κ3) is 2.72. The summed E-state index contributed by atoms with van der Waals surface area (Å²) in [7, 11) is -3.88. The van der Waals surface area contributed by atoms with Gasteiger partial charge in [-0.1, -0.05) is 30.4 Å². The van der Waals surface area contributed by atoms with Crippen LogP contribution in [-0.2, 0) is 19.6 Å². The van der Waals surface area contributed by atoms with Crippen LogP contribution in [0.5, 0.6) is 0 Å². The van der Waals surface area contributed by atoms with Crippen LogP contribution >= 0.6 is 0 Å². The first kappa shape index (κ1) is 19.2. The summed E-state index contributed by atoms with van der Waals surface area (Å²) in [4.78, 5) is 31.5. The molecule has 1 unspecified atom stereocenters. The minimum atomic E-state index is -3.88. The number of sulfonamides is 1. The van der Waals surface area contributed by atoms with Crippen molar-refractivity contribution in [2.24, 2.45) is 23.7 Å². The summed E-state index contributed by atoms with van der Waals surface area (Å²) in [6, 6.07) is 14.8. The van der Waals surface area contributed by atoms with E-state index in [1.807, 2.05) is 24.3 Å². The van der Waals surface area contributed by atoms with E-state index in [2.05, 4.69) is 9.71 Å². The first-order valence-corrected chi connectivity index (χ1v) is 12.0. The van der Waals surface area contributed by atoms with Gasteiger partial charge in [-0.3, -0.25) is 24.2 Å². The number of benzene rings is 2. The van der Waals surface area contributed by atoms with Crippen molar-refractivity contribution >= 4 is 44.1 Å². The summed E-state index contributed by atoms with van der Waals surface area (Å²) in [6.07, 6.45) is 6.57. The van der Waals surface area contributed by atoms with Crippen LogP contribution in [0.4, 0.5) is 11.4 Å². The largest absolute Gasteiger partial charge is 0.277 e. The van der Waals surface area contributed by atoms with Gasteiger partial charge in [0.05, 0.1) is 33.6 Å². The number of rotatable bonds is 4. The van der Waals surface area contributed by atoms with E-state index >= 15 is 0 Å². The van der Waals surface area contributed by atoms with Crippen LogP contribution in [0.1, 0.15) is 6.42 Å². The van der Waals surface area contributed by atoms with Crippen LogP contribution in [0.15, 0.2) is 77.8 Å². The highest BCUT2D eigenvalue weighted by atomic mass is 32.2. The van der Waals surface area contributed by atoms with Gasteiger partial charge in [0.25, 0.3) is 10.0 Å². The van der Waals surface area contributed by atoms with Crippen LogP contribution in [0.3, 0.4) is 0 Å². The second-order valence-electron chi connectivity index (χ2n) is 8.49. The van der Waals surface area contributed by atoms with Gasteiger partial charge in [0.15, 0.2) is 0 Å². The van der Waals surface area contributed by atoms with Crippen molar-refractivity contribution in [2.75, 3.05) is 9.62 Å². The van der Waals surface area contributed by atoms with Crippen molar-refractivity contribution < 1.29 is 18.0 Å². The summed E-state index contributed by atoms with van der Waals surface area (Å²) < 4.78 is 28.5. The molecule has 1 N–H and O–H groups in total. The molecule has 2 fully saturated rings. The number of carbonyl (C=O) groups excluding carboxylic acids is 2. The number of nitrogens with zero attached hydrogens (tertiary/aromatic N) is 2. The lowest BCUT2D eigenvalue weighted by Crippen LogP contribution is -2.32. The molecule has 2 aromatic carbocycles. The molecule has 8 heteroatoms. The molecule has 4 atom stereocenters. The molecule has 1 aliphatic heterocycles. The molecular weight excluding hydrogens is 426 g/mol. The molecule has 3 aromatic rings. The lowest BCUT2D eigenvalue weighted by molar-refractivity contribution is -0.123. The number of imide groups is 1. The maximum Gasteiger partial charge on any atom is 0.261 e. The molecule has 3 aliphatic rings. The molecular formula is C24H19N3O4S. The van der Waals surface area contributed by atoms with E-state index in [4.69, 9.17) is 0 Å². The van der Waals surface area contributed by atoms with Crippen molar-refractivity contribution in [3.8, 4) is 0 Å². The van der Waals surface area contributed by atoms with Crippen LogP contribution in [0.25, 0.3) is 10.9 Å². The molecule has 2 bridgehead atoms. The number of anilines is 2. The van der Waals surface area contributed by atoms with Gasteiger partial charge in [-0.05, 0) is 54.7 Å². The van der Waals surface area contributed by atoms with Gasteiger partial charge >= 0.3 is 0 Å². The monoisotopic (exact) mass is 445 g/mol. The Morgan fingerprint density at radius 3 is 2.22 bits per heavy atom. The number of hydrogen-bond acceptors (Lipinski definition) is 5. The Morgan fingerprint density at radius 1 is 0.875 bits per heavy atom. The second kappa shape index (κ2) is 6.74. The maximum absolute atomic E-state index is 13.0. The third-order valence-corrected chi connectivity index (χ3v) is 8.13. The predicted octanol–water partition coefficient (Wildman–Crippen LogP) is 3.35. The van der Waals surface area contributed by atoms with Crippen LogP contribution < -0.4 is 9.62 Å². The fourth-order valence-corrected chi connectivity index (χ4v) is 6.39. The maximum atomic E-state index is 13.0. The standard InChI is InChI=1S/C24H19N3O4S/c28-23-20-15-6-7-16(13-15)21(20)24(29)27(23)17-8-10-18(11-9-17)32(30,31)26-19-5-1-3-14-4-2-12-25-22(14)19/h1-12,15-16,20-21,26H,13H2/t15-,16?,20-,21+/m0/s1. The van der Waals surface area contributed by atoms with Gasteiger partial charge in [-0.15, -0.1) is 0 Å². The third-order valence-electron chi connectivity index (χ3n) is 6.75. The number of pyridine rings is 1. The summed E-state index contributed by atoms with van der Waals surface area (Å²) in [5, 5.41) is 0.822. The summed E-state index contributed by atoms with van der Waals surface area (Å²) in [5.74, 6) is -0.697. The molecule has 6 rings (SSSR count).